The number of rotatable bonds is 5. The Bertz CT molecular complexity index is 1170. The summed E-state index contributed by atoms with van der Waals surface area (Å²) in [7, 11) is 0. The number of carbonyl (C=O) groups excluding carboxylic acids is 2. The van der Waals surface area contributed by atoms with Gasteiger partial charge in [0.05, 0.1) is 17.3 Å². The van der Waals surface area contributed by atoms with E-state index in [9.17, 15) is 14.9 Å². The highest BCUT2D eigenvalue weighted by Gasteiger charge is 2.28. The fourth-order valence-electron chi connectivity index (χ4n) is 3.87. The molecule has 3 aromatic rings. The van der Waals surface area contributed by atoms with Gasteiger partial charge in [-0.2, -0.15) is 5.26 Å². The lowest BCUT2D eigenvalue weighted by molar-refractivity contribution is -0.120. The van der Waals surface area contributed by atoms with Gasteiger partial charge < -0.3 is 14.6 Å². The zero-order chi connectivity index (χ0) is 22.0. The first kappa shape index (κ1) is 20.6. The number of benzene rings is 1. The number of fused-ring (bicyclic) bond motifs is 1. The fraction of sp³-hybridized carbons (Fsp3) is 0.304. The molecular weight excluding hydrogens is 394 g/mol. The molecule has 3 heterocycles. The number of carbonyl (C=O) groups is 2. The van der Waals surface area contributed by atoms with Crippen LogP contribution in [0.15, 0.2) is 47.0 Å². The van der Waals surface area contributed by atoms with E-state index in [0.717, 1.165) is 0 Å². The highest BCUT2D eigenvalue weighted by atomic mass is 16.3. The van der Waals surface area contributed by atoms with Gasteiger partial charge >= 0.3 is 0 Å². The Kier molecular flexibility index (Phi) is 5.69. The van der Waals surface area contributed by atoms with Crippen LogP contribution in [0.3, 0.4) is 0 Å². The highest BCUT2D eigenvalue weighted by molar-refractivity contribution is 6.11. The van der Waals surface area contributed by atoms with Crippen LogP contribution in [0, 0.1) is 11.3 Å². The number of hydrogen-bond acceptors (Lipinski definition) is 7. The normalized spacial score (nSPS) is 15.5. The molecule has 1 aliphatic heterocycles. The van der Waals surface area contributed by atoms with E-state index in [1.807, 2.05) is 25.1 Å². The van der Waals surface area contributed by atoms with Gasteiger partial charge in [0.1, 0.15) is 17.5 Å². The minimum Gasteiger partial charge on any atom is -0.451 e. The quantitative estimate of drug-likeness (QED) is 0.637. The molecule has 0 saturated carbocycles. The third-order valence-electron chi connectivity index (χ3n) is 5.61. The molecule has 1 atom stereocenters. The molecule has 1 N–H and O–H groups in total. The lowest BCUT2D eigenvalue weighted by Gasteiger charge is -2.38. The molecule has 0 bridgehead atoms. The summed E-state index contributed by atoms with van der Waals surface area (Å²) in [6.45, 7) is 5.90. The first-order valence-corrected chi connectivity index (χ1v) is 10.2. The molecule has 0 aliphatic carbocycles. The number of piperazine rings is 1. The van der Waals surface area contributed by atoms with E-state index in [4.69, 9.17) is 4.42 Å². The first-order valence-electron chi connectivity index (χ1n) is 10.2. The molecule has 2 aromatic heterocycles. The van der Waals surface area contributed by atoms with Gasteiger partial charge in [0.25, 0.3) is 0 Å². The molecule has 8 heteroatoms. The van der Waals surface area contributed by atoms with E-state index in [2.05, 4.69) is 26.2 Å². The van der Waals surface area contributed by atoms with Crippen LogP contribution >= 0.6 is 0 Å². The van der Waals surface area contributed by atoms with E-state index in [-0.39, 0.29) is 17.5 Å². The average molecular weight is 417 g/mol. The Hall–Kier alpha value is -3.70. The van der Waals surface area contributed by atoms with Crippen LogP contribution in [0.1, 0.15) is 30.0 Å². The summed E-state index contributed by atoms with van der Waals surface area (Å²) in [5, 5.41) is 12.9. The smallest absolute Gasteiger partial charge is 0.241 e. The van der Waals surface area contributed by atoms with E-state index in [1.165, 1.54) is 6.92 Å². The maximum absolute atomic E-state index is 13.0. The van der Waals surface area contributed by atoms with Gasteiger partial charge in [0.15, 0.2) is 11.5 Å². The van der Waals surface area contributed by atoms with Crippen molar-refractivity contribution in [3.8, 4) is 6.07 Å². The lowest BCUT2D eigenvalue weighted by Crippen LogP contribution is -2.53. The Morgan fingerprint density at radius 2 is 1.90 bits per heavy atom. The molecule has 4 rings (SSSR count). The predicted octanol–water partition coefficient (Wildman–Crippen LogP) is 3.05. The molecule has 1 fully saturated rings. The van der Waals surface area contributed by atoms with E-state index < -0.39 is 6.04 Å². The van der Waals surface area contributed by atoms with Crippen molar-refractivity contribution in [2.24, 2.45) is 0 Å². The molecule has 0 radical (unpaired) electrons. The molecule has 1 amide bonds. The molecule has 158 valence electrons. The van der Waals surface area contributed by atoms with Gasteiger partial charge in [-0.05, 0) is 31.2 Å². The average Bonchev–Trinajstić information content (AvgIpc) is 3.17. The van der Waals surface area contributed by atoms with Crippen molar-refractivity contribution in [2.75, 3.05) is 36.4 Å². The topological polar surface area (TPSA) is 102 Å². The van der Waals surface area contributed by atoms with Gasteiger partial charge in [-0.3, -0.25) is 14.5 Å². The third-order valence-corrected chi connectivity index (χ3v) is 5.61. The summed E-state index contributed by atoms with van der Waals surface area (Å²) in [5.74, 6) is 0.401. The summed E-state index contributed by atoms with van der Waals surface area (Å²) in [4.78, 5) is 33.5. The molecule has 1 aromatic carbocycles. The second-order valence-corrected chi connectivity index (χ2v) is 7.53. The number of nitriles is 1. The van der Waals surface area contributed by atoms with Crippen molar-refractivity contribution in [3.05, 3.63) is 53.9 Å². The molecule has 8 nitrogen and oxygen atoms in total. The van der Waals surface area contributed by atoms with Crippen LogP contribution < -0.4 is 10.2 Å². The number of hydrogen-bond donors (Lipinski definition) is 1. The Morgan fingerprint density at radius 1 is 1.16 bits per heavy atom. The molecule has 0 spiro atoms. The number of furan rings is 1. The van der Waals surface area contributed by atoms with Gasteiger partial charge in [0.2, 0.25) is 5.91 Å². The second kappa shape index (κ2) is 8.58. The third kappa shape index (κ3) is 4.00. The number of Topliss-reactive ketones (excluding diaryl/α,β-unsaturated/α-hetero) is 1. The highest BCUT2D eigenvalue weighted by Crippen LogP contribution is 2.31. The van der Waals surface area contributed by atoms with Crippen molar-refractivity contribution in [1.82, 2.24) is 9.88 Å². The lowest BCUT2D eigenvalue weighted by atomic mass is 10.1. The zero-order valence-electron chi connectivity index (χ0n) is 17.5. The molecule has 1 aliphatic rings. The second-order valence-electron chi connectivity index (χ2n) is 7.53. The number of pyridine rings is 1. The first-order chi connectivity index (χ1) is 15.0. The standard InChI is InChI=1S/C23H23N5O3/c1-15(27-10-12-28(13-11-27)22-17(14-24)6-5-9-25-22)23(30)26-20-18-7-3-4-8-19(18)31-21(20)16(2)29/h3-9,15H,10-13H2,1-2H3,(H,26,30). The Balaban J connectivity index is 1.46. The van der Waals surface area contributed by atoms with Crippen molar-refractivity contribution in [2.45, 2.75) is 19.9 Å². The van der Waals surface area contributed by atoms with Crippen molar-refractivity contribution < 1.29 is 14.0 Å². The Labute approximate surface area is 180 Å². The van der Waals surface area contributed by atoms with Crippen LogP contribution in [-0.2, 0) is 4.79 Å². The fourth-order valence-corrected chi connectivity index (χ4v) is 3.87. The minimum atomic E-state index is -0.394. The van der Waals surface area contributed by atoms with Crippen LogP contribution in [0.2, 0.25) is 0 Å². The molecular formula is C23H23N5O3. The van der Waals surface area contributed by atoms with E-state index in [1.54, 1.807) is 24.4 Å². The van der Waals surface area contributed by atoms with Crippen LogP contribution in [0.25, 0.3) is 11.0 Å². The number of aromatic nitrogens is 1. The summed E-state index contributed by atoms with van der Waals surface area (Å²) < 4.78 is 5.65. The number of nitrogens with one attached hydrogen (secondary N) is 1. The number of anilines is 2. The number of ketones is 1. The van der Waals surface area contributed by atoms with Gasteiger partial charge in [-0.1, -0.05) is 12.1 Å². The van der Waals surface area contributed by atoms with Gasteiger partial charge in [-0.15, -0.1) is 0 Å². The Morgan fingerprint density at radius 3 is 2.61 bits per heavy atom. The summed E-state index contributed by atoms with van der Waals surface area (Å²) in [5.41, 5.74) is 1.53. The minimum absolute atomic E-state index is 0.158. The monoisotopic (exact) mass is 417 g/mol. The zero-order valence-corrected chi connectivity index (χ0v) is 17.5. The van der Waals surface area contributed by atoms with E-state index >= 15 is 0 Å². The van der Waals surface area contributed by atoms with Crippen molar-refractivity contribution in [3.63, 3.8) is 0 Å². The summed E-state index contributed by atoms with van der Waals surface area (Å²) in [6, 6.07) is 12.5. The predicted molar refractivity (Wildman–Crippen MR) is 117 cm³/mol. The number of para-hydroxylation sites is 1. The van der Waals surface area contributed by atoms with Gasteiger partial charge in [0, 0.05) is 44.7 Å². The molecule has 31 heavy (non-hydrogen) atoms. The van der Waals surface area contributed by atoms with Crippen LogP contribution in [0.4, 0.5) is 11.5 Å². The largest absolute Gasteiger partial charge is 0.451 e. The number of nitrogens with zero attached hydrogens (tertiary/aromatic N) is 4. The van der Waals surface area contributed by atoms with Crippen molar-refractivity contribution in [1.29, 1.82) is 5.26 Å². The van der Waals surface area contributed by atoms with Crippen LogP contribution in [0.5, 0.6) is 0 Å². The SMILES string of the molecule is CC(=O)c1oc2ccccc2c1NC(=O)C(C)N1CCN(c2ncccc2C#N)CC1. The van der Waals surface area contributed by atoms with Crippen LogP contribution in [-0.4, -0.2) is 53.8 Å². The summed E-state index contributed by atoms with van der Waals surface area (Å²) in [6.07, 6.45) is 1.68. The summed E-state index contributed by atoms with van der Waals surface area (Å²) >= 11 is 0. The number of amides is 1. The maximum atomic E-state index is 13.0. The van der Waals surface area contributed by atoms with Gasteiger partial charge in [-0.25, -0.2) is 4.98 Å². The molecule has 1 unspecified atom stereocenters. The van der Waals surface area contributed by atoms with E-state index in [0.29, 0.717) is 54.2 Å². The van der Waals surface area contributed by atoms with Crippen molar-refractivity contribution >= 4 is 34.2 Å². The molecule has 1 saturated heterocycles. The maximum Gasteiger partial charge on any atom is 0.241 e.